The molecule has 2 rings (SSSR count). The number of hydrogen-bond donors (Lipinski definition) is 2. The van der Waals surface area contributed by atoms with Crippen molar-refractivity contribution in [1.82, 2.24) is 4.98 Å². The van der Waals surface area contributed by atoms with Crippen molar-refractivity contribution >= 4 is 11.5 Å². The molecule has 0 aliphatic rings. The average molecular weight is 260 g/mol. The summed E-state index contributed by atoms with van der Waals surface area (Å²) in [5, 5.41) is 10.7. The molecule has 0 spiro atoms. The van der Waals surface area contributed by atoms with Gasteiger partial charge in [0.15, 0.2) is 0 Å². The lowest BCUT2D eigenvalue weighted by molar-refractivity contribution is -0.384. The van der Waals surface area contributed by atoms with E-state index in [1.165, 1.54) is 18.3 Å². The average Bonchev–Trinajstić information content (AvgIpc) is 2.41. The first-order valence-corrected chi connectivity index (χ1v) is 5.45. The molecule has 1 aromatic heterocycles. The molecule has 3 N–H and O–H groups in total. The second kappa shape index (κ2) is 5.32. The maximum absolute atomic E-state index is 10.7. The Balaban J connectivity index is 2.31. The summed E-state index contributed by atoms with van der Waals surface area (Å²) in [5.41, 5.74) is 3.17. The highest BCUT2D eigenvalue weighted by Gasteiger charge is 2.10. The molecular formula is C12H12N4O3. The fourth-order valence-electron chi connectivity index (χ4n) is 1.49. The molecule has 0 fully saturated rings. The van der Waals surface area contributed by atoms with E-state index < -0.39 is 4.92 Å². The highest BCUT2D eigenvalue weighted by Crippen LogP contribution is 2.29. The Morgan fingerprint density at radius 2 is 2.16 bits per heavy atom. The SMILES string of the molecule is Cc1ccc([N+](=O)[O-])cc1Oc1ccnc(NN)c1. The van der Waals surface area contributed by atoms with Crippen LogP contribution in [-0.4, -0.2) is 9.91 Å². The van der Waals surface area contributed by atoms with E-state index in [2.05, 4.69) is 10.4 Å². The van der Waals surface area contributed by atoms with E-state index >= 15 is 0 Å². The smallest absolute Gasteiger partial charge is 0.273 e. The molecule has 0 saturated heterocycles. The van der Waals surface area contributed by atoms with E-state index in [9.17, 15) is 10.1 Å². The lowest BCUT2D eigenvalue weighted by Gasteiger charge is -2.09. The highest BCUT2D eigenvalue weighted by molar-refractivity contribution is 5.47. The van der Waals surface area contributed by atoms with Gasteiger partial charge in [-0.25, -0.2) is 10.8 Å². The Morgan fingerprint density at radius 3 is 2.84 bits per heavy atom. The minimum Gasteiger partial charge on any atom is -0.457 e. The van der Waals surface area contributed by atoms with Gasteiger partial charge in [0.05, 0.1) is 11.0 Å². The summed E-state index contributed by atoms with van der Waals surface area (Å²) in [5.74, 6) is 6.61. The van der Waals surface area contributed by atoms with Crippen LogP contribution >= 0.6 is 0 Å². The van der Waals surface area contributed by atoms with Crippen LogP contribution in [0.15, 0.2) is 36.5 Å². The Morgan fingerprint density at radius 1 is 1.37 bits per heavy atom. The number of nitro groups is 1. The lowest BCUT2D eigenvalue weighted by atomic mass is 10.2. The Kier molecular flexibility index (Phi) is 3.58. The third-order valence-electron chi connectivity index (χ3n) is 2.49. The fraction of sp³-hybridized carbons (Fsp3) is 0.0833. The largest absolute Gasteiger partial charge is 0.457 e. The predicted octanol–water partition coefficient (Wildman–Crippen LogP) is 2.38. The number of anilines is 1. The van der Waals surface area contributed by atoms with Crippen molar-refractivity contribution in [2.45, 2.75) is 6.92 Å². The Bertz CT molecular complexity index is 616. The maximum atomic E-state index is 10.7. The van der Waals surface area contributed by atoms with Crippen LogP contribution < -0.4 is 16.0 Å². The van der Waals surface area contributed by atoms with Crippen LogP contribution in [0.3, 0.4) is 0 Å². The van der Waals surface area contributed by atoms with Gasteiger partial charge in [-0.05, 0) is 24.6 Å². The molecule has 0 aliphatic carbocycles. The van der Waals surface area contributed by atoms with Crippen LogP contribution in [0, 0.1) is 17.0 Å². The van der Waals surface area contributed by atoms with Crippen molar-refractivity contribution in [1.29, 1.82) is 0 Å². The van der Waals surface area contributed by atoms with Gasteiger partial charge in [-0.1, -0.05) is 0 Å². The van der Waals surface area contributed by atoms with Gasteiger partial charge in [0.25, 0.3) is 5.69 Å². The minimum atomic E-state index is -0.467. The molecule has 0 aliphatic heterocycles. The van der Waals surface area contributed by atoms with Gasteiger partial charge in [-0.3, -0.25) is 10.1 Å². The second-order valence-electron chi connectivity index (χ2n) is 3.83. The summed E-state index contributed by atoms with van der Waals surface area (Å²) in [6.45, 7) is 1.81. The van der Waals surface area contributed by atoms with Crippen LogP contribution in [-0.2, 0) is 0 Å². The molecular weight excluding hydrogens is 248 g/mol. The Hall–Kier alpha value is -2.67. The van der Waals surface area contributed by atoms with Crippen molar-refractivity contribution < 1.29 is 9.66 Å². The number of aromatic nitrogens is 1. The number of nitrogens with one attached hydrogen (secondary N) is 1. The lowest BCUT2D eigenvalue weighted by Crippen LogP contribution is -2.08. The number of nitrogen functional groups attached to an aromatic ring is 1. The van der Waals surface area contributed by atoms with Crippen molar-refractivity contribution in [2.24, 2.45) is 5.84 Å². The van der Waals surface area contributed by atoms with E-state index in [0.717, 1.165) is 5.56 Å². The first-order valence-electron chi connectivity index (χ1n) is 5.45. The van der Waals surface area contributed by atoms with Crippen molar-refractivity contribution in [2.75, 3.05) is 5.43 Å². The minimum absolute atomic E-state index is 0.0215. The first-order chi connectivity index (χ1) is 9.10. The number of rotatable bonds is 4. The second-order valence-corrected chi connectivity index (χ2v) is 3.83. The van der Waals surface area contributed by atoms with Gasteiger partial charge in [-0.15, -0.1) is 0 Å². The van der Waals surface area contributed by atoms with E-state index in [4.69, 9.17) is 10.6 Å². The summed E-state index contributed by atoms with van der Waals surface area (Å²) in [4.78, 5) is 14.2. The van der Waals surface area contributed by atoms with Gasteiger partial charge >= 0.3 is 0 Å². The number of nitro benzene ring substituents is 1. The molecule has 19 heavy (non-hydrogen) atoms. The number of nitrogens with zero attached hydrogens (tertiary/aromatic N) is 2. The van der Waals surface area contributed by atoms with E-state index in [-0.39, 0.29) is 5.69 Å². The molecule has 0 bridgehead atoms. The van der Waals surface area contributed by atoms with Gasteiger partial charge < -0.3 is 10.2 Å². The van der Waals surface area contributed by atoms with Crippen molar-refractivity contribution in [3.8, 4) is 11.5 Å². The molecule has 0 atom stereocenters. The predicted molar refractivity (Wildman–Crippen MR) is 70.0 cm³/mol. The van der Waals surface area contributed by atoms with E-state index in [1.807, 2.05) is 6.92 Å². The fourth-order valence-corrected chi connectivity index (χ4v) is 1.49. The standard InChI is InChI=1S/C12H12N4O3/c1-8-2-3-9(16(17)18)6-11(8)19-10-4-5-14-12(7-10)15-13/h2-7H,13H2,1H3,(H,14,15). The summed E-state index contributed by atoms with van der Waals surface area (Å²) in [6.07, 6.45) is 1.53. The van der Waals surface area contributed by atoms with Crippen LogP contribution in [0.1, 0.15) is 5.56 Å². The maximum Gasteiger partial charge on any atom is 0.273 e. The number of aryl methyl sites for hydroxylation is 1. The van der Waals surface area contributed by atoms with Crippen LogP contribution in [0.25, 0.3) is 0 Å². The third-order valence-corrected chi connectivity index (χ3v) is 2.49. The number of ether oxygens (including phenoxy) is 1. The zero-order valence-corrected chi connectivity index (χ0v) is 10.2. The van der Waals surface area contributed by atoms with Gasteiger partial charge in [0.2, 0.25) is 0 Å². The number of hydrazine groups is 1. The van der Waals surface area contributed by atoms with E-state index in [0.29, 0.717) is 17.3 Å². The molecule has 7 nitrogen and oxygen atoms in total. The summed E-state index contributed by atoms with van der Waals surface area (Å²) in [7, 11) is 0. The highest BCUT2D eigenvalue weighted by atomic mass is 16.6. The summed E-state index contributed by atoms with van der Waals surface area (Å²) in [6, 6.07) is 7.68. The normalized spacial score (nSPS) is 10.0. The van der Waals surface area contributed by atoms with Crippen LogP contribution in [0.4, 0.5) is 11.5 Å². The third kappa shape index (κ3) is 2.96. The topological polar surface area (TPSA) is 103 Å². The number of non-ortho nitro benzene ring substituents is 1. The van der Waals surface area contributed by atoms with Crippen molar-refractivity contribution in [3.05, 3.63) is 52.2 Å². The quantitative estimate of drug-likeness (QED) is 0.497. The van der Waals surface area contributed by atoms with Gasteiger partial charge in [0, 0.05) is 18.3 Å². The van der Waals surface area contributed by atoms with Crippen molar-refractivity contribution in [3.63, 3.8) is 0 Å². The molecule has 0 amide bonds. The Labute approximate surface area is 109 Å². The van der Waals surface area contributed by atoms with Gasteiger partial charge in [-0.2, -0.15) is 0 Å². The van der Waals surface area contributed by atoms with Gasteiger partial charge in [0.1, 0.15) is 17.3 Å². The monoisotopic (exact) mass is 260 g/mol. The number of pyridine rings is 1. The molecule has 1 aromatic carbocycles. The molecule has 1 heterocycles. The summed E-state index contributed by atoms with van der Waals surface area (Å²) >= 11 is 0. The molecule has 7 heteroatoms. The van der Waals surface area contributed by atoms with Crippen LogP contribution in [0.5, 0.6) is 11.5 Å². The number of nitrogens with two attached hydrogens (primary N) is 1. The van der Waals surface area contributed by atoms with E-state index in [1.54, 1.807) is 18.2 Å². The molecule has 0 saturated carbocycles. The van der Waals surface area contributed by atoms with Crippen LogP contribution in [0.2, 0.25) is 0 Å². The molecule has 98 valence electrons. The number of hydrogen-bond acceptors (Lipinski definition) is 6. The zero-order chi connectivity index (χ0) is 13.8. The molecule has 0 unspecified atom stereocenters. The zero-order valence-electron chi connectivity index (χ0n) is 10.2. The number of benzene rings is 1. The molecule has 2 aromatic rings. The molecule has 0 radical (unpaired) electrons. The summed E-state index contributed by atoms with van der Waals surface area (Å²) < 4.78 is 5.60. The first kappa shape index (κ1) is 12.8.